The molecule has 1 aromatic carbocycles. The van der Waals surface area contributed by atoms with E-state index in [-0.39, 0.29) is 12.4 Å². The summed E-state index contributed by atoms with van der Waals surface area (Å²) < 4.78 is 5.54. The number of anilines is 1. The number of carboxylic acids is 1. The van der Waals surface area contributed by atoms with Gasteiger partial charge >= 0.3 is 5.97 Å². The highest BCUT2D eigenvalue weighted by molar-refractivity contribution is 5.93. The lowest BCUT2D eigenvalue weighted by molar-refractivity contribution is 0.0690. The number of benzene rings is 1. The van der Waals surface area contributed by atoms with Crippen LogP contribution in [0.5, 0.6) is 11.5 Å². The summed E-state index contributed by atoms with van der Waals surface area (Å²) in [5.74, 6) is -2.09. The highest BCUT2D eigenvalue weighted by atomic mass is 16.5. The van der Waals surface area contributed by atoms with Gasteiger partial charge in [0.15, 0.2) is 17.1 Å². The Morgan fingerprint density at radius 2 is 2.04 bits per heavy atom. The van der Waals surface area contributed by atoms with Crippen LogP contribution < -0.4 is 15.6 Å². The molecule has 118 valence electrons. The van der Waals surface area contributed by atoms with Gasteiger partial charge in [-0.1, -0.05) is 0 Å². The third-order valence-electron chi connectivity index (χ3n) is 4.28. The van der Waals surface area contributed by atoms with Crippen molar-refractivity contribution in [3.05, 3.63) is 39.2 Å². The van der Waals surface area contributed by atoms with Crippen molar-refractivity contribution in [2.24, 2.45) is 0 Å². The van der Waals surface area contributed by atoms with E-state index in [1.165, 1.54) is 0 Å². The Morgan fingerprint density at radius 3 is 2.83 bits per heavy atom. The van der Waals surface area contributed by atoms with Crippen LogP contribution in [-0.2, 0) is 12.8 Å². The molecule has 7 nitrogen and oxygen atoms in total. The fourth-order valence-electron chi connectivity index (χ4n) is 3.20. The van der Waals surface area contributed by atoms with Crippen molar-refractivity contribution in [2.75, 3.05) is 18.5 Å². The molecule has 0 bridgehead atoms. The highest BCUT2D eigenvalue weighted by Gasteiger charge is 2.28. The first-order chi connectivity index (χ1) is 11.1. The lowest BCUT2D eigenvalue weighted by Crippen LogP contribution is -2.19. The van der Waals surface area contributed by atoms with Gasteiger partial charge in [-0.25, -0.2) is 4.79 Å². The summed E-state index contributed by atoms with van der Waals surface area (Å²) in [6, 6.07) is 3.99. The summed E-state index contributed by atoms with van der Waals surface area (Å²) in [6.07, 6.45) is 1.48. The Kier molecular flexibility index (Phi) is 2.84. The topological polar surface area (TPSA) is 112 Å². The van der Waals surface area contributed by atoms with E-state index in [1.54, 1.807) is 0 Å². The van der Waals surface area contributed by atoms with Gasteiger partial charge in [0.05, 0.1) is 12.3 Å². The van der Waals surface area contributed by atoms with Gasteiger partial charge in [-0.3, -0.25) is 4.79 Å². The number of aromatic amines is 1. The number of aromatic carboxylic acids is 1. The van der Waals surface area contributed by atoms with Gasteiger partial charge in [0.1, 0.15) is 0 Å². The molecule has 2 aliphatic rings. The lowest BCUT2D eigenvalue weighted by atomic mass is 9.97. The molecule has 0 saturated carbocycles. The first-order valence-electron chi connectivity index (χ1n) is 7.31. The second-order valence-electron chi connectivity index (χ2n) is 5.63. The van der Waals surface area contributed by atoms with E-state index in [0.29, 0.717) is 12.1 Å². The predicted octanol–water partition coefficient (Wildman–Crippen LogP) is 1.35. The molecule has 0 unspecified atom stereocenters. The summed E-state index contributed by atoms with van der Waals surface area (Å²) in [5, 5.41) is 22.6. The van der Waals surface area contributed by atoms with Crippen LogP contribution >= 0.6 is 0 Å². The summed E-state index contributed by atoms with van der Waals surface area (Å²) in [6.45, 7) is 1.15. The minimum absolute atomic E-state index is 0.0201. The normalized spacial score (nSPS) is 14.8. The molecule has 4 rings (SSSR count). The van der Waals surface area contributed by atoms with Crippen molar-refractivity contribution in [3.63, 3.8) is 0 Å². The molecule has 0 atom stereocenters. The molecule has 0 spiro atoms. The van der Waals surface area contributed by atoms with E-state index >= 15 is 0 Å². The third kappa shape index (κ3) is 1.97. The maximum Gasteiger partial charge on any atom is 0.345 e. The molecule has 3 heterocycles. The molecule has 0 fully saturated rings. The lowest BCUT2D eigenvalue weighted by Gasteiger charge is -2.12. The van der Waals surface area contributed by atoms with Crippen LogP contribution in [0.3, 0.4) is 0 Å². The first kappa shape index (κ1) is 13.7. The second-order valence-corrected chi connectivity index (χ2v) is 5.63. The average Bonchev–Trinajstić information content (AvgIpc) is 2.87. The minimum Gasteiger partial charge on any atom is -0.503 e. The maximum atomic E-state index is 12.0. The van der Waals surface area contributed by atoms with E-state index in [9.17, 15) is 14.7 Å². The standard InChI is InChI=1S/C16H14N2O5/c19-13-11(16(21)22)15(20)18-12-9-5-8-1-3-17-10(8)6-7(9)2-4-23-14(12)13/h5-6,17H,1-4H2,(H,21,22)(H2,18,19,20). The minimum atomic E-state index is -1.49. The smallest absolute Gasteiger partial charge is 0.345 e. The predicted molar refractivity (Wildman–Crippen MR) is 82.5 cm³/mol. The van der Waals surface area contributed by atoms with Gasteiger partial charge in [0, 0.05) is 24.2 Å². The van der Waals surface area contributed by atoms with E-state index < -0.39 is 22.8 Å². The molecular formula is C16H14N2O5. The highest BCUT2D eigenvalue weighted by Crippen LogP contribution is 2.42. The molecule has 0 aliphatic carbocycles. The fourth-order valence-corrected chi connectivity index (χ4v) is 3.20. The summed E-state index contributed by atoms with van der Waals surface area (Å²) in [4.78, 5) is 25.8. The van der Waals surface area contributed by atoms with Crippen molar-refractivity contribution in [1.29, 1.82) is 0 Å². The summed E-state index contributed by atoms with van der Waals surface area (Å²) in [5.41, 5.74) is 2.73. The molecule has 0 radical (unpaired) electrons. The van der Waals surface area contributed by atoms with Gasteiger partial charge in [-0.2, -0.15) is 0 Å². The van der Waals surface area contributed by atoms with E-state index in [4.69, 9.17) is 9.84 Å². The number of ether oxygens (including phenoxy) is 1. The average molecular weight is 314 g/mol. The van der Waals surface area contributed by atoms with Crippen LogP contribution in [0.1, 0.15) is 21.5 Å². The van der Waals surface area contributed by atoms with Gasteiger partial charge < -0.3 is 25.3 Å². The Labute approximate surface area is 130 Å². The molecule has 4 N–H and O–H groups in total. The van der Waals surface area contributed by atoms with E-state index in [1.807, 2.05) is 12.1 Å². The van der Waals surface area contributed by atoms with Crippen molar-refractivity contribution >= 4 is 11.7 Å². The number of hydrogen-bond acceptors (Lipinski definition) is 5. The number of H-pyrrole nitrogens is 1. The monoisotopic (exact) mass is 314 g/mol. The molecule has 23 heavy (non-hydrogen) atoms. The number of rotatable bonds is 1. The van der Waals surface area contributed by atoms with Crippen LogP contribution in [0.15, 0.2) is 16.9 Å². The van der Waals surface area contributed by atoms with Gasteiger partial charge in [0.2, 0.25) is 0 Å². The first-order valence-corrected chi connectivity index (χ1v) is 7.31. The number of pyridine rings is 1. The molecule has 2 aliphatic heterocycles. The number of carboxylic acid groups (broad SMARTS) is 1. The van der Waals surface area contributed by atoms with Crippen LogP contribution in [0, 0.1) is 0 Å². The molecule has 0 amide bonds. The third-order valence-corrected chi connectivity index (χ3v) is 4.28. The Bertz CT molecular complexity index is 900. The van der Waals surface area contributed by atoms with Crippen molar-refractivity contribution in [2.45, 2.75) is 12.8 Å². The quantitative estimate of drug-likeness (QED) is 0.632. The fraction of sp³-hybridized carbons (Fsp3) is 0.250. The Balaban J connectivity index is 2.02. The molecule has 7 heteroatoms. The van der Waals surface area contributed by atoms with Crippen molar-refractivity contribution in [3.8, 4) is 22.8 Å². The number of aromatic hydroxyl groups is 1. The van der Waals surface area contributed by atoms with E-state index in [0.717, 1.165) is 35.3 Å². The molecule has 0 saturated heterocycles. The second kappa shape index (κ2) is 4.77. The maximum absolute atomic E-state index is 12.0. The molecular weight excluding hydrogens is 300 g/mol. The van der Waals surface area contributed by atoms with Crippen LogP contribution in [0.4, 0.5) is 5.69 Å². The van der Waals surface area contributed by atoms with Crippen LogP contribution in [-0.4, -0.2) is 34.3 Å². The van der Waals surface area contributed by atoms with Gasteiger partial charge in [-0.15, -0.1) is 0 Å². The van der Waals surface area contributed by atoms with Gasteiger partial charge in [-0.05, 0) is 29.7 Å². The van der Waals surface area contributed by atoms with Crippen molar-refractivity contribution < 1.29 is 19.7 Å². The van der Waals surface area contributed by atoms with E-state index in [2.05, 4.69) is 10.3 Å². The van der Waals surface area contributed by atoms with Crippen LogP contribution in [0.2, 0.25) is 0 Å². The SMILES string of the molecule is O=C(O)c1c(O)c2c([nH]c1=O)-c1cc3c(cc1CCO2)NCC3. The zero-order chi connectivity index (χ0) is 16.1. The van der Waals surface area contributed by atoms with Gasteiger partial charge in [0.25, 0.3) is 5.56 Å². The molecule has 2 aromatic rings. The number of hydrogen-bond donors (Lipinski definition) is 4. The van der Waals surface area contributed by atoms with Crippen molar-refractivity contribution in [1.82, 2.24) is 4.98 Å². The van der Waals surface area contributed by atoms with Crippen LogP contribution in [0.25, 0.3) is 11.3 Å². The number of fused-ring (bicyclic) bond motifs is 4. The summed E-state index contributed by atoms with van der Waals surface area (Å²) in [7, 11) is 0. The zero-order valence-corrected chi connectivity index (χ0v) is 12.1. The number of carbonyl (C=O) groups is 1. The molecule has 1 aromatic heterocycles. The Morgan fingerprint density at radius 1 is 1.22 bits per heavy atom. The summed E-state index contributed by atoms with van der Waals surface area (Å²) >= 11 is 0. The zero-order valence-electron chi connectivity index (χ0n) is 12.1. The Hall–Kier alpha value is -2.96. The largest absolute Gasteiger partial charge is 0.503 e. The number of nitrogens with one attached hydrogen (secondary N) is 2. The number of aromatic nitrogens is 1.